The van der Waals surface area contributed by atoms with E-state index in [4.69, 9.17) is 24.1 Å². The summed E-state index contributed by atoms with van der Waals surface area (Å²) in [7, 11) is -0.936. The molecule has 0 saturated carbocycles. The SMILES string of the molecule is C=CCOC(=O)N1c2cc(OCCOCCC(=O)O)c(OC)cc2C(=O)N2CC=C(c3ccc(S(=O)(=O)NC)cc3)C[C@H]2C1O. The van der Waals surface area contributed by atoms with Gasteiger partial charge < -0.3 is 34.1 Å². The summed E-state index contributed by atoms with van der Waals surface area (Å²) in [6.07, 6.45) is 0.671. The van der Waals surface area contributed by atoms with Gasteiger partial charge in [-0.05, 0) is 42.8 Å². The number of carboxylic acid groups (broad SMARTS) is 1. The molecule has 2 atom stereocenters. The van der Waals surface area contributed by atoms with Crippen LogP contribution in [0, 0.1) is 0 Å². The lowest BCUT2D eigenvalue weighted by Gasteiger charge is -2.38. The Labute approximate surface area is 260 Å². The van der Waals surface area contributed by atoms with Crippen molar-refractivity contribution in [1.82, 2.24) is 9.62 Å². The van der Waals surface area contributed by atoms with Gasteiger partial charge in [0.2, 0.25) is 10.0 Å². The third-order valence-corrected chi connectivity index (χ3v) is 8.71. The number of rotatable bonds is 13. The molecule has 0 saturated heterocycles. The van der Waals surface area contributed by atoms with Crippen LogP contribution in [0.15, 0.2) is 60.0 Å². The van der Waals surface area contributed by atoms with Gasteiger partial charge in [-0.25, -0.2) is 22.8 Å². The van der Waals surface area contributed by atoms with E-state index in [2.05, 4.69) is 11.3 Å². The summed E-state index contributed by atoms with van der Waals surface area (Å²) in [4.78, 5) is 40.5. The van der Waals surface area contributed by atoms with Gasteiger partial charge in [-0.15, -0.1) is 0 Å². The number of benzene rings is 2. The molecule has 2 aromatic rings. The summed E-state index contributed by atoms with van der Waals surface area (Å²) in [6.45, 7) is 3.56. The maximum atomic E-state index is 13.9. The van der Waals surface area contributed by atoms with Gasteiger partial charge in [0.15, 0.2) is 17.7 Å². The summed E-state index contributed by atoms with van der Waals surface area (Å²) < 4.78 is 48.4. The molecule has 2 amide bonds. The van der Waals surface area contributed by atoms with Crippen molar-refractivity contribution in [3.63, 3.8) is 0 Å². The molecule has 2 aliphatic rings. The van der Waals surface area contributed by atoms with Gasteiger partial charge >= 0.3 is 12.1 Å². The number of hydrogen-bond donors (Lipinski definition) is 3. The molecule has 15 heteroatoms. The molecule has 0 aliphatic carbocycles. The minimum atomic E-state index is -3.64. The average Bonchev–Trinajstić information content (AvgIpc) is 3.12. The highest BCUT2D eigenvalue weighted by atomic mass is 32.2. The standard InChI is InChI=1S/C30H35N3O11S/c1-4-12-44-30(38)33-23-18-26(43-15-14-42-13-10-27(34)35)25(41-3)17-22(23)28(36)32-11-9-20(16-24(32)29(33)37)19-5-7-21(8-6-19)45(39,40)31-2/h4-9,17-18,24,29,31,37H,1,10-16H2,2-3H3,(H,34,35)/t24-,29?/m0/s1. The normalized spacial score (nSPS) is 17.8. The van der Waals surface area contributed by atoms with E-state index in [1.807, 2.05) is 6.08 Å². The number of fused-ring (bicyclic) bond motifs is 2. The molecule has 242 valence electrons. The number of carbonyl (C=O) groups is 3. The maximum absolute atomic E-state index is 13.9. The second-order valence-corrected chi connectivity index (χ2v) is 11.9. The van der Waals surface area contributed by atoms with E-state index in [9.17, 15) is 27.9 Å². The van der Waals surface area contributed by atoms with Crippen molar-refractivity contribution in [1.29, 1.82) is 0 Å². The van der Waals surface area contributed by atoms with Crippen LogP contribution in [0.3, 0.4) is 0 Å². The zero-order chi connectivity index (χ0) is 32.7. The zero-order valence-electron chi connectivity index (χ0n) is 24.8. The van der Waals surface area contributed by atoms with Crippen molar-refractivity contribution in [3.05, 3.63) is 66.3 Å². The molecule has 2 aliphatic heterocycles. The number of sulfonamides is 1. The number of carbonyl (C=O) groups excluding carboxylic acids is 2. The first kappa shape index (κ1) is 33.5. The summed E-state index contributed by atoms with van der Waals surface area (Å²) in [5.41, 5.74) is 1.52. The van der Waals surface area contributed by atoms with E-state index in [-0.39, 0.29) is 73.5 Å². The molecule has 0 radical (unpaired) electrons. The number of hydrogen-bond acceptors (Lipinski definition) is 10. The molecular formula is C30H35N3O11S. The Morgan fingerprint density at radius 1 is 1.13 bits per heavy atom. The molecule has 0 spiro atoms. The number of anilines is 1. The lowest BCUT2D eigenvalue weighted by molar-refractivity contribution is -0.138. The molecule has 2 aromatic carbocycles. The highest BCUT2D eigenvalue weighted by Gasteiger charge is 2.44. The summed E-state index contributed by atoms with van der Waals surface area (Å²) in [5.74, 6) is -1.13. The van der Waals surface area contributed by atoms with Crippen molar-refractivity contribution >= 4 is 39.3 Å². The smallest absolute Gasteiger partial charge is 0.416 e. The van der Waals surface area contributed by atoms with Crippen molar-refractivity contribution in [2.24, 2.45) is 0 Å². The number of methoxy groups -OCH3 is 1. The predicted molar refractivity (Wildman–Crippen MR) is 162 cm³/mol. The summed E-state index contributed by atoms with van der Waals surface area (Å²) >= 11 is 0. The Balaban J connectivity index is 1.67. The minimum Gasteiger partial charge on any atom is -0.493 e. The highest BCUT2D eigenvalue weighted by molar-refractivity contribution is 7.89. The van der Waals surface area contributed by atoms with Gasteiger partial charge in [-0.1, -0.05) is 30.9 Å². The predicted octanol–water partition coefficient (Wildman–Crippen LogP) is 2.23. The van der Waals surface area contributed by atoms with Crippen LogP contribution in [0.25, 0.3) is 5.57 Å². The fraction of sp³-hybridized carbons (Fsp3) is 0.367. The zero-order valence-corrected chi connectivity index (χ0v) is 25.6. The molecule has 0 aromatic heterocycles. The Morgan fingerprint density at radius 2 is 1.87 bits per heavy atom. The fourth-order valence-electron chi connectivity index (χ4n) is 5.00. The second-order valence-electron chi connectivity index (χ2n) is 9.96. The second kappa shape index (κ2) is 14.6. The third-order valence-electron chi connectivity index (χ3n) is 7.28. The lowest BCUT2D eigenvalue weighted by atomic mass is 9.93. The van der Waals surface area contributed by atoms with Crippen molar-refractivity contribution in [3.8, 4) is 11.5 Å². The molecule has 45 heavy (non-hydrogen) atoms. The lowest BCUT2D eigenvalue weighted by Crippen LogP contribution is -2.54. The minimum absolute atomic E-state index is 0.00259. The van der Waals surface area contributed by atoms with Crippen LogP contribution in [0.2, 0.25) is 0 Å². The van der Waals surface area contributed by atoms with Crippen molar-refractivity contribution < 1.29 is 52.0 Å². The van der Waals surface area contributed by atoms with E-state index >= 15 is 0 Å². The van der Waals surface area contributed by atoms with E-state index in [0.717, 1.165) is 10.5 Å². The molecule has 3 N–H and O–H groups in total. The van der Waals surface area contributed by atoms with Gasteiger partial charge in [0.05, 0.1) is 48.9 Å². The first-order valence-electron chi connectivity index (χ1n) is 14.0. The molecule has 1 unspecified atom stereocenters. The average molecular weight is 646 g/mol. The molecular weight excluding hydrogens is 610 g/mol. The number of nitrogens with zero attached hydrogens (tertiary/aromatic N) is 2. The maximum Gasteiger partial charge on any atom is 0.416 e. The number of amides is 2. The first-order valence-corrected chi connectivity index (χ1v) is 15.4. The molecule has 14 nitrogen and oxygen atoms in total. The third kappa shape index (κ3) is 7.45. The number of nitrogens with one attached hydrogen (secondary N) is 1. The first-order chi connectivity index (χ1) is 21.5. The molecule has 0 bridgehead atoms. The van der Waals surface area contributed by atoms with Crippen LogP contribution in [0.5, 0.6) is 11.5 Å². The fourth-order valence-corrected chi connectivity index (χ4v) is 5.73. The topological polar surface area (TPSA) is 181 Å². The van der Waals surface area contributed by atoms with Crippen molar-refractivity contribution in [2.45, 2.75) is 30.0 Å². The van der Waals surface area contributed by atoms with Crippen molar-refractivity contribution in [2.75, 3.05) is 52.0 Å². The van der Waals surface area contributed by atoms with Crippen LogP contribution in [0.1, 0.15) is 28.8 Å². The van der Waals surface area contributed by atoms with E-state index in [1.165, 1.54) is 49.4 Å². The number of carboxylic acids is 1. The van der Waals surface area contributed by atoms with Gasteiger partial charge in [0.1, 0.15) is 13.2 Å². The number of ether oxygens (including phenoxy) is 4. The van der Waals surface area contributed by atoms with Crippen LogP contribution in [0.4, 0.5) is 10.5 Å². The van der Waals surface area contributed by atoms with Gasteiger partial charge in [-0.3, -0.25) is 9.59 Å². The Hall–Kier alpha value is -4.44. The molecule has 4 rings (SSSR count). The highest BCUT2D eigenvalue weighted by Crippen LogP contribution is 2.42. The monoisotopic (exact) mass is 645 g/mol. The quantitative estimate of drug-likeness (QED) is 0.215. The van der Waals surface area contributed by atoms with E-state index < -0.39 is 40.3 Å². The number of aliphatic hydroxyl groups excluding tert-OH is 1. The van der Waals surface area contributed by atoms with Crippen LogP contribution >= 0.6 is 0 Å². The number of aliphatic carboxylic acids is 1. The van der Waals surface area contributed by atoms with Gasteiger partial charge in [0, 0.05) is 12.6 Å². The van der Waals surface area contributed by atoms with Gasteiger partial charge in [0.25, 0.3) is 5.91 Å². The molecule has 2 heterocycles. The number of aliphatic hydroxyl groups is 1. The van der Waals surface area contributed by atoms with E-state index in [0.29, 0.717) is 5.56 Å². The molecule has 0 fully saturated rings. The Bertz CT molecular complexity index is 1570. The summed E-state index contributed by atoms with van der Waals surface area (Å²) in [5, 5.41) is 20.5. The van der Waals surface area contributed by atoms with Crippen LogP contribution < -0.4 is 19.1 Å². The largest absolute Gasteiger partial charge is 0.493 e. The van der Waals surface area contributed by atoms with Crippen LogP contribution in [-0.4, -0.2) is 101 Å². The van der Waals surface area contributed by atoms with E-state index in [1.54, 1.807) is 12.1 Å². The van der Waals surface area contributed by atoms with Crippen LogP contribution in [-0.2, 0) is 24.3 Å². The van der Waals surface area contributed by atoms with Gasteiger partial charge in [-0.2, -0.15) is 0 Å². The Morgan fingerprint density at radius 3 is 2.51 bits per heavy atom. The summed E-state index contributed by atoms with van der Waals surface area (Å²) in [6, 6.07) is 8.12. The Kier molecular flexibility index (Phi) is 10.8.